The Bertz CT molecular complexity index is 1330. The highest BCUT2D eigenvalue weighted by atomic mass is 35.5. The van der Waals surface area contributed by atoms with Gasteiger partial charge >= 0.3 is 0 Å². The number of anilines is 1. The van der Waals surface area contributed by atoms with Crippen molar-refractivity contribution >= 4 is 62.4 Å². The second-order valence-electron chi connectivity index (χ2n) is 10.6. The Kier molecular flexibility index (Phi) is 7.30. The van der Waals surface area contributed by atoms with Crippen molar-refractivity contribution in [2.45, 2.75) is 37.5 Å². The van der Waals surface area contributed by atoms with Crippen LogP contribution in [-0.4, -0.2) is 55.2 Å². The molecule has 2 saturated heterocycles. The number of benzene rings is 2. The zero-order chi connectivity index (χ0) is 25.4. The molecular weight excluding hydrogens is 525 g/mol. The van der Waals surface area contributed by atoms with Crippen LogP contribution in [0.4, 0.5) is 5.69 Å². The highest BCUT2D eigenvalue weighted by molar-refractivity contribution is 7.16. The standard InChI is InChI=1S/C29H31Cl2N3O2S/c30-22-5-3-20(16-23(22)31)2-1-12-33-13-10-29(11-14-33)18-34(26(35)8-4-21-9-15-36-17-21)24-6-7-25-28(27(24)29)32-19-37-25/h1-3,5-7,16,19,21H,4,8-15,17-18H2/b2-1+. The van der Waals surface area contributed by atoms with E-state index in [1.165, 1.54) is 10.3 Å². The fourth-order valence-electron chi connectivity index (χ4n) is 6.16. The van der Waals surface area contributed by atoms with Crippen LogP contribution in [-0.2, 0) is 14.9 Å². The molecule has 2 fully saturated rings. The normalized spacial score (nSPS) is 21.5. The van der Waals surface area contributed by atoms with E-state index in [1.807, 2.05) is 23.7 Å². The van der Waals surface area contributed by atoms with E-state index in [1.54, 1.807) is 11.3 Å². The number of aromatic nitrogens is 1. The SMILES string of the molecule is O=C(CCC1CCOC1)N1CC2(CCN(C/C=C/c3ccc(Cl)c(Cl)c3)CC2)c2c1ccc1scnc21. The summed E-state index contributed by atoms with van der Waals surface area (Å²) in [6, 6.07) is 10.0. The van der Waals surface area contributed by atoms with Crippen LogP contribution in [0.25, 0.3) is 16.3 Å². The molecule has 2 aromatic carbocycles. The quantitative estimate of drug-likeness (QED) is 0.335. The van der Waals surface area contributed by atoms with Crippen LogP contribution in [0.15, 0.2) is 41.9 Å². The van der Waals surface area contributed by atoms with Crippen LogP contribution in [0.5, 0.6) is 0 Å². The van der Waals surface area contributed by atoms with E-state index >= 15 is 0 Å². The average molecular weight is 557 g/mol. The third kappa shape index (κ3) is 5.07. The number of halogens is 2. The molecule has 5 nitrogen and oxygen atoms in total. The Hall–Kier alpha value is -1.96. The summed E-state index contributed by atoms with van der Waals surface area (Å²) in [6.45, 7) is 5.26. The molecule has 3 aliphatic rings. The van der Waals surface area contributed by atoms with E-state index in [-0.39, 0.29) is 11.3 Å². The number of piperidine rings is 1. The number of amides is 1. The minimum Gasteiger partial charge on any atom is -0.381 e. The number of thiazole rings is 1. The molecule has 194 valence electrons. The van der Waals surface area contributed by atoms with Gasteiger partial charge in [-0.2, -0.15) is 0 Å². The molecule has 6 rings (SSSR count). The van der Waals surface area contributed by atoms with Gasteiger partial charge in [-0.1, -0.05) is 41.4 Å². The monoisotopic (exact) mass is 555 g/mol. The van der Waals surface area contributed by atoms with Crippen LogP contribution in [0, 0.1) is 5.92 Å². The summed E-state index contributed by atoms with van der Waals surface area (Å²) in [5.74, 6) is 0.757. The summed E-state index contributed by atoms with van der Waals surface area (Å²) >= 11 is 13.9. The lowest BCUT2D eigenvalue weighted by molar-refractivity contribution is -0.119. The van der Waals surface area contributed by atoms with Crippen molar-refractivity contribution in [3.8, 4) is 0 Å². The molecule has 3 aliphatic heterocycles. The van der Waals surface area contributed by atoms with Gasteiger partial charge in [0.05, 0.1) is 25.8 Å². The van der Waals surface area contributed by atoms with Crippen molar-refractivity contribution in [3.63, 3.8) is 0 Å². The van der Waals surface area contributed by atoms with Crippen molar-refractivity contribution < 1.29 is 9.53 Å². The van der Waals surface area contributed by atoms with Gasteiger partial charge in [-0.05, 0) is 74.5 Å². The zero-order valence-electron chi connectivity index (χ0n) is 20.8. The van der Waals surface area contributed by atoms with Gasteiger partial charge in [0.15, 0.2) is 0 Å². The van der Waals surface area contributed by atoms with E-state index < -0.39 is 0 Å². The number of hydrogen-bond donors (Lipinski definition) is 0. The summed E-state index contributed by atoms with van der Waals surface area (Å²) in [7, 11) is 0. The molecule has 0 N–H and O–H groups in total. The number of hydrogen-bond acceptors (Lipinski definition) is 5. The maximum Gasteiger partial charge on any atom is 0.227 e. The topological polar surface area (TPSA) is 45.7 Å². The number of nitrogens with zero attached hydrogens (tertiary/aromatic N) is 3. The zero-order valence-corrected chi connectivity index (χ0v) is 23.1. The first kappa shape index (κ1) is 25.3. The Morgan fingerprint density at radius 1 is 1.19 bits per heavy atom. The highest BCUT2D eigenvalue weighted by Gasteiger charge is 2.47. The summed E-state index contributed by atoms with van der Waals surface area (Å²) in [6.07, 6.45) is 8.92. The van der Waals surface area contributed by atoms with Crippen molar-refractivity contribution in [1.82, 2.24) is 9.88 Å². The van der Waals surface area contributed by atoms with Crippen LogP contribution in [0.1, 0.15) is 43.2 Å². The van der Waals surface area contributed by atoms with E-state index in [4.69, 9.17) is 32.9 Å². The maximum atomic E-state index is 13.5. The molecule has 1 aromatic heterocycles. The van der Waals surface area contributed by atoms with E-state index in [2.05, 4.69) is 34.1 Å². The van der Waals surface area contributed by atoms with Crippen LogP contribution in [0.2, 0.25) is 10.0 Å². The lowest BCUT2D eigenvalue weighted by Crippen LogP contribution is -2.46. The molecule has 8 heteroatoms. The minimum absolute atomic E-state index is 0.0288. The molecule has 4 heterocycles. The molecule has 1 unspecified atom stereocenters. The molecule has 37 heavy (non-hydrogen) atoms. The third-order valence-corrected chi connectivity index (χ3v) is 9.82. The number of likely N-dealkylation sites (tertiary alicyclic amines) is 1. The number of ether oxygens (including phenoxy) is 1. The van der Waals surface area contributed by atoms with Crippen molar-refractivity contribution in [2.75, 3.05) is 44.3 Å². The number of rotatable bonds is 6. The molecule has 0 radical (unpaired) electrons. The molecule has 1 spiro atoms. The van der Waals surface area contributed by atoms with E-state index in [0.717, 1.165) is 81.8 Å². The summed E-state index contributed by atoms with van der Waals surface area (Å²) in [5.41, 5.74) is 6.44. The lowest BCUT2D eigenvalue weighted by Gasteiger charge is -2.39. The van der Waals surface area contributed by atoms with Gasteiger partial charge in [0.1, 0.15) is 0 Å². The van der Waals surface area contributed by atoms with Crippen LogP contribution in [0.3, 0.4) is 0 Å². The van der Waals surface area contributed by atoms with Crippen LogP contribution < -0.4 is 4.90 Å². The number of fused-ring (bicyclic) bond motifs is 4. The number of carbonyl (C=O) groups is 1. The Balaban J connectivity index is 1.17. The fourth-order valence-corrected chi connectivity index (χ4v) is 7.15. The maximum absolute atomic E-state index is 13.5. The second kappa shape index (κ2) is 10.7. The summed E-state index contributed by atoms with van der Waals surface area (Å²) in [5, 5.41) is 1.15. The summed E-state index contributed by atoms with van der Waals surface area (Å²) < 4.78 is 6.73. The Morgan fingerprint density at radius 3 is 2.84 bits per heavy atom. The Labute approximate surface area is 232 Å². The smallest absolute Gasteiger partial charge is 0.227 e. The minimum atomic E-state index is -0.0288. The van der Waals surface area contributed by atoms with Crippen molar-refractivity contribution in [1.29, 1.82) is 0 Å². The first-order valence-electron chi connectivity index (χ1n) is 13.1. The van der Waals surface area contributed by atoms with Crippen LogP contribution >= 0.6 is 34.5 Å². The van der Waals surface area contributed by atoms with Gasteiger partial charge < -0.3 is 9.64 Å². The van der Waals surface area contributed by atoms with Gasteiger partial charge in [-0.15, -0.1) is 11.3 Å². The lowest BCUT2D eigenvalue weighted by atomic mass is 9.74. The highest BCUT2D eigenvalue weighted by Crippen LogP contribution is 2.50. The van der Waals surface area contributed by atoms with Gasteiger partial charge in [0.2, 0.25) is 5.91 Å². The largest absolute Gasteiger partial charge is 0.381 e. The molecule has 0 aliphatic carbocycles. The van der Waals surface area contributed by atoms with Gasteiger partial charge in [0, 0.05) is 49.4 Å². The first-order valence-corrected chi connectivity index (χ1v) is 14.7. The molecule has 0 saturated carbocycles. The van der Waals surface area contributed by atoms with Crippen molar-refractivity contribution in [2.24, 2.45) is 5.92 Å². The summed E-state index contributed by atoms with van der Waals surface area (Å²) in [4.78, 5) is 22.8. The van der Waals surface area contributed by atoms with Crippen molar-refractivity contribution in [3.05, 3.63) is 63.1 Å². The van der Waals surface area contributed by atoms with E-state index in [9.17, 15) is 4.79 Å². The first-order chi connectivity index (χ1) is 18.0. The number of carbonyl (C=O) groups excluding carboxylic acids is 1. The second-order valence-corrected chi connectivity index (χ2v) is 12.3. The van der Waals surface area contributed by atoms with Gasteiger partial charge in [-0.25, -0.2) is 4.98 Å². The molecule has 0 bridgehead atoms. The van der Waals surface area contributed by atoms with Gasteiger partial charge in [0.25, 0.3) is 0 Å². The van der Waals surface area contributed by atoms with Gasteiger partial charge in [-0.3, -0.25) is 9.69 Å². The molecular formula is C29H31Cl2N3O2S. The third-order valence-electron chi connectivity index (χ3n) is 8.28. The average Bonchev–Trinajstić information content (AvgIpc) is 3.65. The predicted molar refractivity (Wildman–Crippen MR) is 153 cm³/mol. The molecule has 1 amide bonds. The van der Waals surface area contributed by atoms with E-state index in [0.29, 0.717) is 22.4 Å². The Morgan fingerprint density at radius 2 is 2.05 bits per heavy atom. The molecule has 3 aromatic rings. The fraction of sp³-hybridized carbons (Fsp3) is 0.448. The predicted octanol–water partition coefficient (Wildman–Crippen LogP) is 6.81. The molecule has 1 atom stereocenters.